The standard InChI is InChI=1S/C13H12ClNOS/c14-12-7-6-10(17-12)8-11(16)13(15)9-4-2-1-3-5-9/h1-7,13H,8,15H2/t13-/m1/s1. The van der Waals surface area contributed by atoms with Crippen LogP contribution in [0.3, 0.4) is 0 Å². The minimum atomic E-state index is -0.558. The van der Waals surface area contributed by atoms with E-state index in [-0.39, 0.29) is 5.78 Å². The first-order chi connectivity index (χ1) is 8.16. The number of carbonyl (C=O) groups excluding carboxylic acids is 1. The summed E-state index contributed by atoms with van der Waals surface area (Å²) in [4.78, 5) is 12.9. The highest BCUT2D eigenvalue weighted by Crippen LogP contribution is 2.23. The first kappa shape index (κ1) is 12.3. The SMILES string of the molecule is N[C@@H](C(=O)Cc1ccc(Cl)s1)c1ccccc1. The van der Waals surface area contributed by atoms with E-state index in [1.807, 2.05) is 36.4 Å². The van der Waals surface area contributed by atoms with E-state index in [4.69, 9.17) is 17.3 Å². The third-order valence-electron chi connectivity index (χ3n) is 2.48. The van der Waals surface area contributed by atoms with Crippen LogP contribution in [0.4, 0.5) is 0 Å². The Morgan fingerprint density at radius 2 is 1.94 bits per heavy atom. The maximum atomic E-state index is 12.0. The van der Waals surface area contributed by atoms with Gasteiger partial charge < -0.3 is 5.73 Å². The number of rotatable bonds is 4. The summed E-state index contributed by atoms with van der Waals surface area (Å²) in [6.07, 6.45) is 0.341. The van der Waals surface area contributed by atoms with E-state index in [1.165, 1.54) is 11.3 Å². The first-order valence-corrected chi connectivity index (χ1v) is 6.43. The number of hydrogen-bond acceptors (Lipinski definition) is 3. The molecule has 0 aliphatic rings. The van der Waals surface area contributed by atoms with Gasteiger partial charge in [0, 0.05) is 11.3 Å². The van der Waals surface area contributed by atoms with Crippen LogP contribution >= 0.6 is 22.9 Å². The average molecular weight is 266 g/mol. The molecule has 17 heavy (non-hydrogen) atoms. The molecule has 0 saturated heterocycles. The van der Waals surface area contributed by atoms with Gasteiger partial charge in [-0.15, -0.1) is 11.3 Å². The number of Topliss-reactive ketones (excluding diaryl/α,β-unsaturated/α-hetero) is 1. The van der Waals surface area contributed by atoms with E-state index in [0.717, 1.165) is 10.4 Å². The molecule has 0 unspecified atom stereocenters. The fraction of sp³-hybridized carbons (Fsp3) is 0.154. The molecule has 2 N–H and O–H groups in total. The zero-order chi connectivity index (χ0) is 12.3. The van der Waals surface area contributed by atoms with Crippen molar-refractivity contribution in [3.63, 3.8) is 0 Å². The third-order valence-corrected chi connectivity index (χ3v) is 3.71. The average Bonchev–Trinajstić information content (AvgIpc) is 2.75. The van der Waals surface area contributed by atoms with Gasteiger partial charge in [0.2, 0.25) is 0 Å². The molecule has 1 aromatic heterocycles. The molecule has 2 nitrogen and oxygen atoms in total. The van der Waals surface area contributed by atoms with Crippen LogP contribution < -0.4 is 5.73 Å². The Morgan fingerprint density at radius 1 is 1.24 bits per heavy atom. The van der Waals surface area contributed by atoms with Crippen molar-refractivity contribution in [2.45, 2.75) is 12.5 Å². The summed E-state index contributed by atoms with van der Waals surface area (Å²) in [5.74, 6) is 0.00900. The summed E-state index contributed by atoms with van der Waals surface area (Å²) in [5.41, 5.74) is 6.76. The van der Waals surface area contributed by atoms with Crippen molar-refractivity contribution >= 4 is 28.7 Å². The van der Waals surface area contributed by atoms with Crippen molar-refractivity contribution in [3.8, 4) is 0 Å². The number of thiophene rings is 1. The monoisotopic (exact) mass is 265 g/mol. The number of halogens is 1. The number of hydrogen-bond donors (Lipinski definition) is 1. The van der Waals surface area contributed by atoms with Gasteiger partial charge in [0.25, 0.3) is 0 Å². The predicted molar refractivity (Wildman–Crippen MR) is 71.4 cm³/mol. The molecule has 88 valence electrons. The van der Waals surface area contributed by atoms with E-state index in [2.05, 4.69) is 0 Å². The molecule has 2 rings (SSSR count). The van der Waals surface area contributed by atoms with Gasteiger partial charge in [-0.05, 0) is 17.7 Å². The lowest BCUT2D eigenvalue weighted by atomic mass is 10.0. The number of ketones is 1. The zero-order valence-corrected chi connectivity index (χ0v) is 10.7. The van der Waals surface area contributed by atoms with Crippen LogP contribution in [0.25, 0.3) is 0 Å². The Bertz CT molecular complexity index is 509. The molecular weight excluding hydrogens is 254 g/mol. The maximum absolute atomic E-state index is 12.0. The molecule has 0 radical (unpaired) electrons. The first-order valence-electron chi connectivity index (χ1n) is 5.24. The quantitative estimate of drug-likeness (QED) is 0.922. The molecule has 4 heteroatoms. The fourth-order valence-corrected chi connectivity index (χ4v) is 2.67. The zero-order valence-electron chi connectivity index (χ0n) is 9.10. The molecule has 0 spiro atoms. The Kier molecular flexibility index (Phi) is 3.94. The fourth-order valence-electron chi connectivity index (χ4n) is 1.57. The Labute approximate surface area is 109 Å². The number of benzene rings is 1. The third kappa shape index (κ3) is 3.16. The van der Waals surface area contributed by atoms with E-state index >= 15 is 0 Å². The molecule has 0 fully saturated rings. The van der Waals surface area contributed by atoms with Gasteiger partial charge in [0.05, 0.1) is 10.4 Å². The summed E-state index contributed by atoms with van der Waals surface area (Å²) in [5, 5.41) is 0. The van der Waals surface area contributed by atoms with Gasteiger partial charge in [-0.1, -0.05) is 41.9 Å². The molecule has 0 aliphatic carbocycles. The van der Waals surface area contributed by atoms with Crippen molar-refractivity contribution in [2.24, 2.45) is 5.73 Å². The second-order valence-corrected chi connectivity index (χ2v) is 5.54. The number of nitrogens with two attached hydrogens (primary N) is 1. The molecule has 0 saturated carbocycles. The Hall–Kier alpha value is -1.16. The molecule has 0 bridgehead atoms. The summed E-state index contributed by atoms with van der Waals surface area (Å²) in [6, 6.07) is 12.5. The van der Waals surface area contributed by atoms with Crippen molar-refractivity contribution < 1.29 is 4.79 Å². The van der Waals surface area contributed by atoms with Crippen molar-refractivity contribution in [1.82, 2.24) is 0 Å². The second-order valence-electron chi connectivity index (χ2n) is 3.74. The van der Waals surface area contributed by atoms with Gasteiger partial charge in [0.15, 0.2) is 5.78 Å². The number of carbonyl (C=O) groups is 1. The van der Waals surface area contributed by atoms with Crippen molar-refractivity contribution in [3.05, 3.63) is 57.2 Å². The van der Waals surface area contributed by atoms with Gasteiger partial charge >= 0.3 is 0 Å². The van der Waals surface area contributed by atoms with Gasteiger partial charge in [0.1, 0.15) is 0 Å². The largest absolute Gasteiger partial charge is 0.318 e. The normalized spacial score (nSPS) is 12.4. The Morgan fingerprint density at radius 3 is 2.53 bits per heavy atom. The van der Waals surface area contributed by atoms with Crippen LogP contribution in [0.1, 0.15) is 16.5 Å². The Balaban J connectivity index is 2.06. The summed E-state index contributed by atoms with van der Waals surface area (Å²) < 4.78 is 0.695. The van der Waals surface area contributed by atoms with E-state index < -0.39 is 6.04 Å². The lowest BCUT2D eigenvalue weighted by Gasteiger charge is -2.09. The van der Waals surface area contributed by atoms with E-state index in [9.17, 15) is 4.79 Å². The van der Waals surface area contributed by atoms with Gasteiger partial charge in [-0.25, -0.2) is 0 Å². The van der Waals surface area contributed by atoms with Crippen LogP contribution in [-0.2, 0) is 11.2 Å². The second kappa shape index (κ2) is 5.45. The van der Waals surface area contributed by atoms with Gasteiger partial charge in [-0.2, -0.15) is 0 Å². The van der Waals surface area contributed by atoms with Gasteiger partial charge in [-0.3, -0.25) is 4.79 Å². The topological polar surface area (TPSA) is 43.1 Å². The molecular formula is C13H12ClNOS. The highest BCUT2D eigenvalue weighted by atomic mass is 35.5. The molecule has 0 aliphatic heterocycles. The van der Waals surface area contributed by atoms with Crippen LogP contribution in [0.2, 0.25) is 4.34 Å². The summed E-state index contributed by atoms with van der Waals surface area (Å²) in [6.45, 7) is 0. The minimum Gasteiger partial charge on any atom is -0.318 e. The van der Waals surface area contributed by atoms with Crippen molar-refractivity contribution in [2.75, 3.05) is 0 Å². The molecule has 2 aromatic rings. The molecule has 1 atom stereocenters. The highest BCUT2D eigenvalue weighted by molar-refractivity contribution is 7.16. The molecule has 0 amide bonds. The summed E-state index contributed by atoms with van der Waals surface area (Å²) >= 11 is 7.23. The predicted octanol–water partition coefficient (Wildman–Crippen LogP) is 3.21. The molecule has 1 heterocycles. The van der Waals surface area contributed by atoms with Crippen LogP contribution in [0.5, 0.6) is 0 Å². The van der Waals surface area contributed by atoms with Crippen molar-refractivity contribution in [1.29, 1.82) is 0 Å². The van der Waals surface area contributed by atoms with E-state index in [1.54, 1.807) is 6.07 Å². The lowest BCUT2D eigenvalue weighted by molar-refractivity contribution is -0.119. The smallest absolute Gasteiger partial charge is 0.159 e. The minimum absolute atomic E-state index is 0.00900. The van der Waals surface area contributed by atoms with E-state index in [0.29, 0.717) is 10.8 Å². The van der Waals surface area contributed by atoms with Crippen LogP contribution in [0.15, 0.2) is 42.5 Å². The highest BCUT2D eigenvalue weighted by Gasteiger charge is 2.16. The lowest BCUT2D eigenvalue weighted by Crippen LogP contribution is -2.22. The maximum Gasteiger partial charge on any atom is 0.159 e. The van der Waals surface area contributed by atoms with Crippen LogP contribution in [0, 0.1) is 0 Å². The van der Waals surface area contributed by atoms with Crippen LogP contribution in [-0.4, -0.2) is 5.78 Å². The summed E-state index contributed by atoms with van der Waals surface area (Å²) in [7, 11) is 0. The molecule has 1 aromatic carbocycles.